The Balaban J connectivity index is 1.83. The van der Waals surface area contributed by atoms with Crippen LogP contribution in [0.25, 0.3) is 0 Å². The molecule has 150 valence electrons. The maximum absolute atomic E-state index is 13.1. The van der Waals surface area contributed by atoms with E-state index in [2.05, 4.69) is 14.9 Å². The second-order valence-corrected chi connectivity index (χ2v) is 7.24. The van der Waals surface area contributed by atoms with Crippen molar-refractivity contribution in [2.45, 2.75) is 39.8 Å². The summed E-state index contributed by atoms with van der Waals surface area (Å²) < 4.78 is 5.20. The predicted octanol–water partition coefficient (Wildman–Crippen LogP) is 2.30. The van der Waals surface area contributed by atoms with Crippen molar-refractivity contribution in [1.29, 1.82) is 0 Å². The fourth-order valence-electron chi connectivity index (χ4n) is 3.42. The molecule has 1 aliphatic heterocycles. The SMILES string of the molecule is CCN(Cc1ccc(OC)cc1)C(=O)c1nc(C)c(C)c(N2CC[C@@H](N)C2)n1. The molecule has 1 aliphatic rings. The number of carbonyl (C=O) groups is 1. The van der Waals surface area contributed by atoms with Gasteiger partial charge in [0.25, 0.3) is 5.91 Å². The molecule has 2 heterocycles. The average molecular weight is 383 g/mol. The smallest absolute Gasteiger partial charge is 0.292 e. The first-order valence-corrected chi connectivity index (χ1v) is 9.70. The van der Waals surface area contributed by atoms with E-state index in [1.165, 1.54) is 0 Å². The molecule has 0 bridgehead atoms. The summed E-state index contributed by atoms with van der Waals surface area (Å²) in [6, 6.07) is 7.88. The highest BCUT2D eigenvalue weighted by Gasteiger charge is 2.26. The number of aromatic nitrogens is 2. The highest BCUT2D eigenvalue weighted by atomic mass is 16.5. The lowest BCUT2D eigenvalue weighted by Gasteiger charge is -2.23. The predicted molar refractivity (Wildman–Crippen MR) is 110 cm³/mol. The molecule has 2 N–H and O–H groups in total. The first-order valence-electron chi connectivity index (χ1n) is 9.70. The maximum Gasteiger partial charge on any atom is 0.292 e. The number of amides is 1. The Morgan fingerprint density at radius 3 is 2.57 bits per heavy atom. The third-order valence-electron chi connectivity index (χ3n) is 5.28. The molecule has 1 aromatic carbocycles. The van der Waals surface area contributed by atoms with E-state index in [0.717, 1.165) is 47.9 Å². The molecule has 0 aliphatic carbocycles. The van der Waals surface area contributed by atoms with Gasteiger partial charge in [0.1, 0.15) is 11.6 Å². The van der Waals surface area contributed by atoms with E-state index in [4.69, 9.17) is 10.5 Å². The van der Waals surface area contributed by atoms with Gasteiger partial charge in [-0.05, 0) is 44.9 Å². The van der Waals surface area contributed by atoms with Crippen LogP contribution in [-0.2, 0) is 6.54 Å². The van der Waals surface area contributed by atoms with Gasteiger partial charge in [-0.3, -0.25) is 4.79 Å². The molecule has 7 heteroatoms. The van der Waals surface area contributed by atoms with Crippen molar-refractivity contribution in [2.75, 3.05) is 31.6 Å². The van der Waals surface area contributed by atoms with Crippen LogP contribution in [0.2, 0.25) is 0 Å². The maximum atomic E-state index is 13.1. The Morgan fingerprint density at radius 1 is 1.29 bits per heavy atom. The molecule has 0 saturated carbocycles. The van der Waals surface area contributed by atoms with Crippen LogP contribution in [0.15, 0.2) is 24.3 Å². The van der Waals surface area contributed by atoms with E-state index in [-0.39, 0.29) is 17.8 Å². The second-order valence-electron chi connectivity index (χ2n) is 7.24. The van der Waals surface area contributed by atoms with Gasteiger partial charge >= 0.3 is 0 Å². The minimum Gasteiger partial charge on any atom is -0.497 e. The average Bonchev–Trinajstić information content (AvgIpc) is 3.14. The van der Waals surface area contributed by atoms with Gasteiger partial charge in [0, 0.05) is 43.5 Å². The summed E-state index contributed by atoms with van der Waals surface area (Å²) >= 11 is 0. The summed E-state index contributed by atoms with van der Waals surface area (Å²) in [6.45, 7) is 8.57. The fraction of sp³-hybridized carbons (Fsp3) is 0.476. The van der Waals surface area contributed by atoms with Crippen molar-refractivity contribution < 1.29 is 9.53 Å². The van der Waals surface area contributed by atoms with Crippen LogP contribution < -0.4 is 15.4 Å². The lowest BCUT2D eigenvalue weighted by molar-refractivity contribution is 0.0740. The Bertz CT molecular complexity index is 837. The van der Waals surface area contributed by atoms with Crippen molar-refractivity contribution in [3.8, 4) is 5.75 Å². The number of hydrogen-bond acceptors (Lipinski definition) is 6. The minimum atomic E-state index is -0.161. The van der Waals surface area contributed by atoms with Crippen LogP contribution in [0.1, 0.15) is 40.8 Å². The van der Waals surface area contributed by atoms with E-state index in [0.29, 0.717) is 13.1 Å². The van der Waals surface area contributed by atoms with Crippen LogP contribution in [0.4, 0.5) is 5.82 Å². The van der Waals surface area contributed by atoms with E-state index >= 15 is 0 Å². The standard InChI is InChI=1S/C21H29N5O2/c1-5-25(12-16-6-8-18(28-4)9-7-16)21(27)19-23-15(3)14(2)20(24-19)26-11-10-17(22)13-26/h6-9,17H,5,10-13,22H2,1-4H3/t17-/m1/s1. The zero-order valence-electron chi connectivity index (χ0n) is 17.1. The molecule has 0 unspecified atom stereocenters. The van der Waals surface area contributed by atoms with Gasteiger partial charge < -0.3 is 20.3 Å². The summed E-state index contributed by atoms with van der Waals surface area (Å²) in [5, 5.41) is 0. The first-order chi connectivity index (χ1) is 13.4. The van der Waals surface area contributed by atoms with Crippen LogP contribution >= 0.6 is 0 Å². The summed E-state index contributed by atoms with van der Waals surface area (Å²) in [4.78, 5) is 26.2. The van der Waals surface area contributed by atoms with Crippen LogP contribution in [0.3, 0.4) is 0 Å². The Kier molecular flexibility index (Phi) is 6.14. The summed E-state index contributed by atoms with van der Waals surface area (Å²) in [5.74, 6) is 1.70. The van der Waals surface area contributed by atoms with Crippen LogP contribution in [0.5, 0.6) is 5.75 Å². The molecule has 1 aromatic heterocycles. The number of rotatable bonds is 6. The van der Waals surface area contributed by atoms with Gasteiger partial charge in [0.15, 0.2) is 0 Å². The summed E-state index contributed by atoms with van der Waals surface area (Å²) in [5.41, 5.74) is 8.92. The minimum absolute atomic E-state index is 0.149. The Hall–Kier alpha value is -2.67. The molecule has 7 nitrogen and oxygen atoms in total. The number of ether oxygens (including phenoxy) is 1. The zero-order chi connectivity index (χ0) is 20.3. The molecule has 1 saturated heterocycles. The topological polar surface area (TPSA) is 84.6 Å². The zero-order valence-corrected chi connectivity index (χ0v) is 17.1. The van der Waals surface area contributed by atoms with Crippen molar-refractivity contribution >= 4 is 11.7 Å². The highest BCUT2D eigenvalue weighted by Crippen LogP contribution is 2.24. The third kappa shape index (κ3) is 4.25. The molecular weight excluding hydrogens is 354 g/mol. The van der Waals surface area contributed by atoms with E-state index in [1.807, 2.05) is 45.0 Å². The van der Waals surface area contributed by atoms with Crippen molar-refractivity contribution in [2.24, 2.45) is 5.73 Å². The van der Waals surface area contributed by atoms with Gasteiger partial charge in [-0.25, -0.2) is 9.97 Å². The molecule has 1 atom stereocenters. The summed E-state index contributed by atoms with van der Waals surface area (Å²) in [7, 11) is 1.64. The number of anilines is 1. The molecule has 0 radical (unpaired) electrons. The third-order valence-corrected chi connectivity index (χ3v) is 5.28. The number of aryl methyl sites for hydroxylation is 1. The van der Waals surface area contributed by atoms with Gasteiger partial charge in [-0.15, -0.1) is 0 Å². The lowest BCUT2D eigenvalue weighted by Crippen LogP contribution is -2.33. The van der Waals surface area contributed by atoms with Gasteiger partial charge in [-0.1, -0.05) is 12.1 Å². The number of carbonyl (C=O) groups excluding carboxylic acids is 1. The molecule has 28 heavy (non-hydrogen) atoms. The molecule has 0 spiro atoms. The normalized spacial score (nSPS) is 16.3. The number of methoxy groups -OCH3 is 1. The largest absolute Gasteiger partial charge is 0.497 e. The van der Waals surface area contributed by atoms with E-state index in [9.17, 15) is 4.79 Å². The number of hydrogen-bond donors (Lipinski definition) is 1. The molecule has 1 fully saturated rings. The van der Waals surface area contributed by atoms with Crippen LogP contribution in [0, 0.1) is 13.8 Å². The number of nitrogens with two attached hydrogens (primary N) is 1. The molecular formula is C21H29N5O2. The molecule has 1 amide bonds. The van der Waals surface area contributed by atoms with Crippen molar-refractivity contribution in [3.05, 3.63) is 46.9 Å². The van der Waals surface area contributed by atoms with Crippen molar-refractivity contribution in [1.82, 2.24) is 14.9 Å². The second kappa shape index (κ2) is 8.56. The lowest BCUT2D eigenvalue weighted by atomic mass is 10.2. The van der Waals surface area contributed by atoms with E-state index in [1.54, 1.807) is 12.0 Å². The van der Waals surface area contributed by atoms with Crippen LogP contribution in [-0.4, -0.2) is 53.6 Å². The highest BCUT2D eigenvalue weighted by molar-refractivity contribution is 5.91. The molecule has 2 aromatic rings. The van der Waals surface area contributed by atoms with Crippen molar-refractivity contribution in [3.63, 3.8) is 0 Å². The molecule has 3 rings (SSSR count). The van der Waals surface area contributed by atoms with Gasteiger partial charge in [0.05, 0.1) is 7.11 Å². The Morgan fingerprint density at radius 2 is 2.00 bits per heavy atom. The summed E-state index contributed by atoms with van der Waals surface area (Å²) in [6.07, 6.45) is 0.935. The van der Waals surface area contributed by atoms with Gasteiger partial charge in [0.2, 0.25) is 5.82 Å². The van der Waals surface area contributed by atoms with E-state index < -0.39 is 0 Å². The first kappa shape index (κ1) is 20.1. The quantitative estimate of drug-likeness (QED) is 0.824. The number of nitrogens with zero attached hydrogens (tertiary/aromatic N) is 4. The van der Waals surface area contributed by atoms with Gasteiger partial charge in [-0.2, -0.15) is 0 Å². The fourth-order valence-corrected chi connectivity index (χ4v) is 3.42. The Labute approximate surface area is 166 Å². The number of benzene rings is 1. The monoisotopic (exact) mass is 383 g/mol.